The van der Waals surface area contributed by atoms with Gasteiger partial charge in [0.1, 0.15) is 12.0 Å². The quantitative estimate of drug-likeness (QED) is 0.398. The fourth-order valence-electron chi connectivity index (χ4n) is 1.62. The topological polar surface area (TPSA) is 53.2 Å². The molecule has 23 heavy (non-hydrogen) atoms. The van der Waals surface area contributed by atoms with Crippen LogP contribution in [0, 0.1) is 11.7 Å². The van der Waals surface area contributed by atoms with Gasteiger partial charge in [-0.1, -0.05) is 48.7 Å². The molecule has 1 atom stereocenters. The molecule has 0 aliphatic heterocycles. The molecule has 1 rings (SSSR count). The van der Waals surface area contributed by atoms with Gasteiger partial charge in [-0.2, -0.15) is 0 Å². The Morgan fingerprint density at radius 3 is 2.26 bits per heavy atom. The Kier molecular flexibility index (Phi) is 7.80. The minimum Gasteiger partial charge on any atom is -0.339 e. The number of thiocarbonyl (C=S) groups is 1. The lowest BCUT2D eigenvalue weighted by molar-refractivity contribution is -0.122. The molecule has 0 aromatic heterocycles. The van der Waals surface area contributed by atoms with Crippen LogP contribution in [-0.2, 0) is 4.79 Å². The van der Waals surface area contributed by atoms with E-state index in [2.05, 4.69) is 16.0 Å². The van der Waals surface area contributed by atoms with Crippen molar-refractivity contribution in [3.8, 4) is 0 Å². The zero-order chi connectivity index (χ0) is 17.6. The average Bonchev–Trinajstić information content (AvgIpc) is 2.38. The van der Waals surface area contributed by atoms with Crippen LogP contribution in [0.25, 0.3) is 0 Å². The van der Waals surface area contributed by atoms with Crippen molar-refractivity contribution in [1.29, 1.82) is 0 Å². The summed E-state index contributed by atoms with van der Waals surface area (Å²) in [5, 5.41) is 8.24. The SMILES string of the molecule is CC(C)CC(=O)NC(NC(=S)Nc1ccc(F)cc1)C(Cl)(Cl)Cl. The van der Waals surface area contributed by atoms with E-state index in [1.165, 1.54) is 24.3 Å². The number of alkyl halides is 3. The summed E-state index contributed by atoms with van der Waals surface area (Å²) in [5.41, 5.74) is 0.556. The molecule has 1 aromatic carbocycles. The van der Waals surface area contributed by atoms with Crippen molar-refractivity contribution in [3.63, 3.8) is 0 Å². The summed E-state index contributed by atoms with van der Waals surface area (Å²) >= 11 is 22.7. The van der Waals surface area contributed by atoms with Gasteiger partial charge in [0.25, 0.3) is 0 Å². The molecule has 1 unspecified atom stereocenters. The maximum absolute atomic E-state index is 12.9. The Bertz CT molecular complexity index is 549. The Labute approximate surface area is 155 Å². The Morgan fingerprint density at radius 1 is 1.22 bits per heavy atom. The molecule has 9 heteroatoms. The highest BCUT2D eigenvalue weighted by molar-refractivity contribution is 7.80. The summed E-state index contributed by atoms with van der Waals surface area (Å²) in [5.74, 6) is -0.474. The van der Waals surface area contributed by atoms with Crippen LogP contribution in [0.1, 0.15) is 20.3 Å². The largest absolute Gasteiger partial charge is 0.339 e. The van der Waals surface area contributed by atoms with Gasteiger partial charge in [-0.25, -0.2) is 4.39 Å². The predicted octanol–water partition coefficient (Wildman–Crippen LogP) is 3.97. The van der Waals surface area contributed by atoms with Gasteiger partial charge in [-0.15, -0.1) is 0 Å². The first kappa shape index (κ1) is 20.2. The third kappa shape index (κ3) is 8.01. The maximum atomic E-state index is 12.9. The molecular formula is C14H17Cl3FN3OS. The predicted molar refractivity (Wildman–Crippen MR) is 97.4 cm³/mol. The molecule has 0 saturated heterocycles. The highest BCUT2D eigenvalue weighted by Crippen LogP contribution is 2.29. The number of rotatable bonds is 5. The van der Waals surface area contributed by atoms with E-state index in [0.717, 1.165) is 0 Å². The lowest BCUT2D eigenvalue weighted by atomic mass is 10.1. The number of benzene rings is 1. The van der Waals surface area contributed by atoms with Crippen LogP contribution in [0.3, 0.4) is 0 Å². The van der Waals surface area contributed by atoms with E-state index >= 15 is 0 Å². The molecule has 128 valence electrons. The van der Waals surface area contributed by atoms with Crippen molar-refractivity contribution < 1.29 is 9.18 Å². The number of nitrogens with one attached hydrogen (secondary N) is 3. The van der Waals surface area contributed by atoms with E-state index < -0.39 is 9.96 Å². The lowest BCUT2D eigenvalue weighted by Gasteiger charge is -2.28. The van der Waals surface area contributed by atoms with Crippen LogP contribution in [0.4, 0.5) is 10.1 Å². The third-order valence-electron chi connectivity index (χ3n) is 2.60. The monoisotopic (exact) mass is 399 g/mol. The summed E-state index contributed by atoms with van der Waals surface area (Å²) in [4.78, 5) is 11.9. The maximum Gasteiger partial charge on any atom is 0.228 e. The highest BCUT2D eigenvalue weighted by atomic mass is 35.6. The summed E-state index contributed by atoms with van der Waals surface area (Å²) in [6.07, 6.45) is -0.726. The van der Waals surface area contributed by atoms with Gasteiger partial charge < -0.3 is 16.0 Å². The van der Waals surface area contributed by atoms with Crippen LogP contribution in [0.15, 0.2) is 24.3 Å². The van der Waals surface area contributed by atoms with Gasteiger partial charge in [-0.05, 0) is 42.4 Å². The second kappa shape index (κ2) is 8.87. The van der Waals surface area contributed by atoms with Crippen molar-refractivity contribution in [3.05, 3.63) is 30.1 Å². The van der Waals surface area contributed by atoms with Gasteiger partial charge in [0.05, 0.1) is 0 Å². The van der Waals surface area contributed by atoms with Crippen molar-refractivity contribution >= 4 is 63.7 Å². The van der Waals surface area contributed by atoms with Crippen molar-refractivity contribution in [2.45, 2.75) is 30.2 Å². The van der Waals surface area contributed by atoms with Gasteiger partial charge in [0.15, 0.2) is 5.11 Å². The van der Waals surface area contributed by atoms with Gasteiger partial charge in [0, 0.05) is 12.1 Å². The molecule has 4 nitrogen and oxygen atoms in total. The smallest absolute Gasteiger partial charge is 0.228 e. The molecule has 0 saturated carbocycles. The van der Waals surface area contributed by atoms with Gasteiger partial charge in [-0.3, -0.25) is 4.79 Å². The number of carbonyl (C=O) groups excluding carboxylic acids is 1. The van der Waals surface area contributed by atoms with Gasteiger partial charge in [0.2, 0.25) is 9.70 Å². The van der Waals surface area contributed by atoms with Crippen LogP contribution in [0.2, 0.25) is 0 Å². The van der Waals surface area contributed by atoms with E-state index in [1.807, 2.05) is 13.8 Å². The van der Waals surface area contributed by atoms with Gasteiger partial charge >= 0.3 is 0 Å². The minimum absolute atomic E-state index is 0.123. The molecule has 1 aromatic rings. The molecule has 1 amide bonds. The fourth-order valence-corrected chi connectivity index (χ4v) is 2.18. The molecule has 0 heterocycles. The number of halogens is 4. The Hall–Kier alpha value is -0.820. The number of amides is 1. The number of anilines is 1. The molecule has 0 radical (unpaired) electrons. The zero-order valence-corrected chi connectivity index (χ0v) is 15.6. The number of carbonyl (C=O) groups is 1. The van der Waals surface area contributed by atoms with Crippen LogP contribution in [0.5, 0.6) is 0 Å². The lowest BCUT2D eigenvalue weighted by Crippen LogP contribution is -2.56. The van der Waals surface area contributed by atoms with E-state index in [0.29, 0.717) is 5.69 Å². The highest BCUT2D eigenvalue weighted by Gasteiger charge is 2.34. The Balaban J connectivity index is 2.67. The third-order valence-corrected chi connectivity index (χ3v) is 3.48. The molecule has 0 bridgehead atoms. The van der Waals surface area contributed by atoms with Crippen LogP contribution in [-0.4, -0.2) is 21.0 Å². The number of hydrogen-bond donors (Lipinski definition) is 3. The number of hydrogen-bond acceptors (Lipinski definition) is 2. The van der Waals surface area contributed by atoms with Crippen LogP contribution < -0.4 is 16.0 Å². The van der Waals surface area contributed by atoms with E-state index in [4.69, 9.17) is 47.0 Å². The Morgan fingerprint density at radius 2 is 1.78 bits per heavy atom. The van der Waals surface area contributed by atoms with E-state index in [9.17, 15) is 9.18 Å². The van der Waals surface area contributed by atoms with Crippen LogP contribution >= 0.6 is 47.0 Å². The summed E-state index contributed by atoms with van der Waals surface area (Å²) in [7, 11) is 0. The zero-order valence-electron chi connectivity index (χ0n) is 12.5. The van der Waals surface area contributed by atoms with Crippen molar-refractivity contribution in [2.75, 3.05) is 5.32 Å². The van der Waals surface area contributed by atoms with Crippen molar-refractivity contribution in [2.24, 2.45) is 5.92 Å². The molecule has 0 spiro atoms. The molecule has 0 fully saturated rings. The normalized spacial score (nSPS) is 12.7. The van der Waals surface area contributed by atoms with Crippen molar-refractivity contribution in [1.82, 2.24) is 10.6 Å². The molecule has 3 N–H and O–H groups in total. The standard InChI is InChI=1S/C14H17Cl3FN3OS/c1-8(2)7-11(22)20-12(14(15,16)17)21-13(23)19-10-5-3-9(18)4-6-10/h3-6,8,12H,7H2,1-2H3,(H,20,22)(H2,19,21,23). The molecular weight excluding hydrogens is 384 g/mol. The summed E-state index contributed by atoms with van der Waals surface area (Å²) < 4.78 is 11.1. The summed E-state index contributed by atoms with van der Waals surface area (Å²) in [6, 6.07) is 5.57. The minimum atomic E-state index is -1.80. The fraction of sp³-hybridized carbons (Fsp3) is 0.429. The van der Waals surface area contributed by atoms with E-state index in [1.54, 1.807) is 0 Å². The molecule has 0 aliphatic carbocycles. The van der Waals surface area contributed by atoms with E-state index in [-0.39, 0.29) is 29.2 Å². The first-order valence-electron chi connectivity index (χ1n) is 6.77. The first-order valence-corrected chi connectivity index (χ1v) is 8.31. The second-order valence-corrected chi connectivity index (χ2v) is 8.02. The summed E-state index contributed by atoms with van der Waals surface area (Å²) in [6.45, 7) is 3.80. The molecule has 0 aliphatic rings. The average molecular weight is 401 g/mol. The second-order valence-electron chi connectivity index (χ2n) is 5.25. The first-order chi connectivity index (χ1) is 10.6.